The molecule has 0 saturated carbocycles. The van der Waals surface area contributed by atoms with E-state index in [4.69, 9.17) is 4.74 Å². The van der Waals surface area contributed by atoms with E-state index >= 15 is 0 Å². The molecule has 1 fully saturated rings. The topological polar surface area (TPSA) is 58.6 Å². The van der Waals surface area contributed by atoms with Gasteiger partial charge in [-0.25, -0.2) is 0 Å². The molecule has 1 heterocycles. The molecule has 1 aliphatic rings. The van der Waals surface area contributed by atoms with E-state index in [2.05, 4.69) is 23.5 Å². The Balaban J connectivity index is 1.53. The molecule has 1 N–H and O–H groups in total. The molecule has 5 nitrogen and oxygen atoms in total. The minimum Gasteiger partial charge on any atom is -0.369 e. The summed E-state index contributed by atoms with van der Waals surface area (Å²) in [6, 6.07) is 23.1. The second kappa shape index (κ2) is 8.45. The largest absolute Gasteiger partial charge is 0.369 e. The Morgan fingerprint density at radius 1 is 1.07 bits per heavy atom. The summed E-state index contributed by atoms with van der Waals surface area (Å²) >= 11 is 0. The van der Waals surface area contributed by atoms with Crippen LogP contribution in [0.1, 0.15) is 24.1 Å². The van der Waals surface area contributed by atoms with Gasteiger partial charge in [-0.05, 0) is 28.8 Å². The zero-order valence-corrected chi connectivity index (χ0v) is 16.4. The van der Waals surface area contributed by atoms with Crippen molar-refractivity contribution in [3.8, 4) is 0 Å². The van der Waals surface area contributed by atoms with Gasteiger partial charge in [-0.2, -0.15) is 0 Å². The van der Waals surface area contributed by atoms with Crippen molar-refractivity contribution in [2.24, 2.45) is 0 Å². The number of carbonyl (C=O) groups excluding carboxylic acids is 2. The van der Waals surface area contributed by atoms with Crippen LogP contribution in [0.5, 0.6) is 0 Å². The third-order valence-electron chi connectivity index (χ3n) is 5.34. The summed E-state index contributed by atoms with van der Waals surface area (Å²) < 4.78 is 5.39. The minimum atomic E-state index is -0.645. The number of hydrogen-bond donors (Lipinski definition) is 1. The molecule has 0 radical (unpaired) electrons. The molecular weight excluding hydrogens is 364 g/mol. The van der Waals surface area contributed by atoms with Gasteiger partial charge in [0.05, 0.1) is 12.6 Å². The first-order chi connectivity index (χ1) is 14.1. The molecule has 4 rings (SSSR count). The van der Waals surface area contributed by atoms with E-state index in [1.807, 2.05) is 61.5 Å². The van der Waals surface area contributed by atoms with Crippen LogP contribution >= 0.6 is 0 Å². The van der Waals surface area contributed by atoms with Gasteiger partial charge in [0.2, 0.25) is 11.8 Å². The van der Waals surface area contributed by atoms with Crippen molar-refractivity contribution in [2.45, 2.75) is 25.6 Å². The fourth-order valence-corrected chi connectivity index (χ4v) is 3.82. The summed E-state index contributed by atoms with van der Waals surface area (Å²) in [6.07, 6.45) is 0. The Labute approximate surface area is 170 Å². The van der Waals surface area contributed by atoms with Crippen molar-refractivity contribution in [3.63, 3.8) is 0 Å². The molecule has 2 atom stereocenters. The number of nitrogens with zero attached hydrogens (tertiary/aromatic N) is 1. The first kappa shape index (κ1) is 19.2. The minimum absolute atomic E-state index is 0.00941. The molecule has 3 aromatic carbocycles. The lowest BCUT2D eigenvalue weighted by molar-refractivity contribution is -0.155. The maximum absolute atomic E-state index is 13.1. The molecule has 0 aromatic heterocycles. The Morgan fingerprint density at radius 2 is 1.79 bits per heavy atom. The number of fused-ring (bicyclic) bond motifs is 1. The molecule has 5 heteroatoms. The number of hydrogen-bond acceptors (Lipinski definition) is 3. The molecule has 1 unspecified atom stereocenters. The Bertz CT molecular complexity index is 1010. The van der Waals surface area contributed by atoms with Gasteiger partial charge in [0, 0.05) is 6.54 Å². The zero-order valence-electron chi connectivity index (χ0n) is 16.4. The molecular formula is C24H24N2O3. The summed E-state index contributed by atoms with van der Waals surface area (Å²) in [5.41, 5.74) is 2.04. The van der Waals surface area contributed by atoms with Crippen LogP contribution in [-0.2, 0) is 20.9 Å². The van der Waals surface area contributed by atoms with Gasteiger partial charge in [0.1, 0.15) is 12.6 Å². The summed E-state index contributed by atoms with van der Waals surface area (Å²) in [5.74, 6) is -0.368. The Morgan fingerprint density at radius 3 is 2.62 bits per heavy atom. The lowest BCUT2D eigenvalue weighted by Crippen LogP contribution is -2.56. The quantitative estimate of drug-likeness (QED) is 0.728. The van der Waals surface area contributed by atoms with Gasteiger partial charge < -0.3 is 15.0 Å². The highest BCUT2D eigenvalue weighted by atomic mass is 16.5. The number of amides is 2. The molecule has 29 heavy (non-hydrogen) atoms. The highest BCUT2D eigenvalue weighted by Crippen LogP contribution is 2.24. The molecule has 0 bridgehead atoms. The molecule has 148 valence electrons. The number of benzene rings is 3. The van der Waals surface area contributed by atoms with Crippen LogP contribution in [0.25, 0.3) is 10.8 Å². The van der Waals surface area contributed by atoms with E-state index in [-0.39, 0.29) is 31.1 Å². The highest BCUT2D eigenvalue weighted by molar-refractivity contribution is 5.90. The van der Waals surface area contributed by atoms with Gasteiger partial charge >= 0.3 is 0 Å². The van der Waals surface area contributed by atoms with Crippen molar-refractivity contribution in [1.82, 2.24) is 10.2 Å². The number of rotatable bonds is 5. The van der Waals surface area contributed by atoms with E-state index in [1.165, 1.54) is 0 Å². The molecule has 0 aliphatic carbocycles. The summed E-state index contributed by atoms with van der Waals surface area (Å²) in [7, 11) is 0. The molecule has 1 aliphatic heterocycles. The Hall–Kier alpha value is -3.18. The average molecular weight is 388 g/mol. The first-order valence-electron chi connectivity index (χ1n) is 9.82. The molecule has 0 spiro atoms. The second-order valence-electron chi connectivity index (χ2n) is 7.34. The van der Waals surface area contributed by atoms with Gasteiger partial charge in [-0.15, -0.1) is 0 Å². The SMILES string of the molecule is C[C@@H](NC(=O)C1COCC(=O)N1Cc1ccccc1)c1cccc2ccccc12. The molecule has 2 amide bonds. The van der Waals surface area contributed by atoms with Crippen LogP contribution in [0.4, 0.5) is 0 Å². The second-order valence-corrected chi connectivity index (χ2v) is 7.34. The smallest absolute Gasteiger partial charge is 0.249 e. The summed E-state index contributed by atoms with van der Waals surface area (Å²) in [5, 5.41) is 5.32. The fourth-order valence-electron chi connectivity index (χ4n) is 3.82. The van der Waals surface area contributed by atoms with Crippen LogP contribution in [0.2, 0.25) is 0 Å². The Kier molecular flexibility index (Phi) is 5.58. The maximum atomic E-state index is 13.1. The highest BCUT2D eigenvalue weighted by Gasteiger charge is 2.34. The van der Waals surface area contributed by atoms with E-state index in [0.29, 0.717) is 6.54 Å². The lowest BCUT2D eigenvalue weighted by Gasteiger charge is -2.35. The van der Waals surface area contributed by atoms with Crippen LogP contribution in [0.3, 0.4) is 0 Å². The van der Waals surface area contributed by atoms with Gasteiger partial charge in [-0.3, -0.25) is 9.59 Å². The van der Waals surface area contributed by atoms with Gasteiger partial charge in [0.15, 0.2) is 0 Å². The standard InChI is InChI=1S/C24H24N2O3/c1-17(20-13-7-11-19-10-5-6-12-21(19)20)25-24(28)22-15-29-16-23(27)26(22)14-18-8-3-2-4-9-18/h2-13,17,22H,14-16H2,1H3,(H,25,28)/t17-,22?/m1/s1. The summed E-state index contributed by atoms with van der Waals surface area (Å²) in [6.45, 7) is 2.57. The maximum Gasteiger partial charge on any atom is 0.249 e. The average Bonchev–Trinajstić information content (AvgIpc) is 2.75. The van der Waals surface area contributed by atoms with Crippen LogP contribution < -0.4 is 5.32 Å². The van der Waals surface area contributed by atoms with E-state index in [9.17, 15) is 9.59 Å². The third kappa shape index (κ3) is 4.15. The summed E-state index contributed by atoms with van der Waals surface area (Å²) in [4.78, 5) is 27.2. The van der Waals surface area contributed by atoms with E-state index in [0.717, 1.165) is 21.9 Å². The van der Waals surface area contributed by atoms with Crippen molar-refractivity contribution in [1.29, 1.82) is 0 Å². The van der Waals surface area contributed by atoms with Crippen molar-refractivity contribution < 1.29 is 14.3 Å². The van der Waals surface area contributed by atoms with E-state index < -0.39 is 6.04 Å². The number of carbonyl (C=O) groups is 2. The lowest BCUT2D eigenvalue weighted by atomic mass is 9.99. The van der Waals surface area contributed by atoms with Gasteiger partial charge in [0.25, 0.3) is 0 Å². The van der Waals surface area contributed by atoms with Crippen molar-refractivity contribution >= 4 is 22.6 Å². The van der Waals surface area contributed by atoms with Crippen LogP contribution in [-0.4, -0.2) is 36.0 Å². The fraction of sp³-hybridized carbons (Fsp3) is 0.250. The first-order valence-corrected chi connectivity index (χ1v) is 9.82. The molecule has 3 aromatic rings. The predicted octanol–water partition coefficient (Wildman–Crippen LogP) is 3.44. The van der Waals surface area contributed by atoms with Gasteiger partial charge in [-0.1, -0.05) is 72.8 Å². The van der Waals surface area contributed by atoms with Crippen LogP contribution in [0.15, 0.2) is 72.8 Å². The molecule has 1 saturated heterocycles. The number of nitrogens with one attached hydrogen (secondary N) is 1. The number of ether oxygens (including phenoxy) is 1. The van der Waals surface area contributed by atoms with E-state index in [1.54, 1.807) is 4.90 Å². The predicted molar refractivity (Wildman–Crippen MR) is 112 cm³/mol. The number of morpholine rings is 1. The monoisotopic (exact) mass is 388 g/mol. The zero-order chi connectivity index (χ0) is 20.2. The normalized spacial score (nSPS) is 17.9. The van der Waals surface area contributed by atoms with Crippen molar-refractivity contribution in [2.75, 3.05) is 13.2 Å². The third-order valence-corrected chi connectivity index (χ3v) is 5.34. The van der Waals surface area contributed by atoms with Crippen LogP contribution in [0, 0.1) is 0 Å². The van der Waals surface area contributed by atoms with Crippen molar-refractivity contribution in [3.05, 3.63) is 83.9 Å².